The number of hydrogen-bond acceptors (Lipinski definition) is 2. The van der Waals surface area contributed by atoms with Gasteiger partial charge in [0.15, 0.2) is 0 Å². The summed E-state index contributed by atoms with van der Waals surface area (Å²) in [6.07, 6.45) is -0.803. The van der Waals surface area contributed by atoms with Gasteiger partial charge in [-0.25, -0.2) is 0 Å². The minimum absolute atomic E-state index is 0.401. The van der Waals surface area contributed by atoms with E-state index in [0.29, 0.717) is 29.7 Å². The molecule has 0 amide bonds. The molecule has 0 radical (unpaired) electrons. The molecule has 1 rings (SSSR count). The van der Waals surface area contributed by atoms with E-state index >= 15 is 0 Å². The van der Waals surface area contributed by atoms with Crippen molar-refractivity contribution < 1.29 is 15.1 Å². The van der Waals surface area contributed by atoms with Gasteiger partial charge in [0.05, 0.1) is 10.0 Å². The molecular weight excluding hydrogens is 273 g/mol. The second-order valence-electron chi connectivity index (χ2n) is 4.78. The number of quaternary nitrogens is 1. The Hall–Kier alpha value is -0.320. The predicted molar refractivity (Wildman–Crippen MR) is 74.2 cm³/mol. The summed E-state index contributed by atoms with van der Waals surface area (Å²) < 4.78 is 0. The lowest BCUT2D eigenvalue weighted by Gasteiger charge is -2.22. The summed E-state index contributed by atoms with van der Waals surface area (Å²) in [5, 5.41) is 20.0. The number of rotatable bonds is 6. The Bertz CT molecular complexity index is 373. The van der Waals surface area contributed by atoms with Crippen molar-refractivity contribution in [2.45, 2.75) is 32.6 Å². The van der Waals surface area contributed by atoms with Crippen LogP contribution in [0.15, 0.2) is 18.2 Å². The van der Waals surface area contributed by atoms with E-state index in [0.717, 1.165) is 10.5 Å². The lowest BCUT2D eigenvalue weighted by Crippen LogP contribution is -3.12. The summed E-state index contributed by atoms with van der Waals surface area (Å²) in [7, 11) is 0. The van der Waals surface area contributed by atoms with Crippen LogP contribution in [0, 0.1) is 0 Å². The summed E-state index contributed by atoms with van der Waals surface area (Å²) >= 11 is 11.8. The fourth-order valence-electron chi connectivity index (χ4n) is 2.00. The molecule has 0 bridgehead atoms. The highest BCUT2D eigenvalue weighted by Gasteiger charge is 2.15. The average molecular weight is 293 g/mol. The normalized spacial score (nSPS) is 14.8. The molecule has 3 N–H and O–H groups in total. The molecule has 102 valence electrons. The van der Waals surface area contributed by atoms with E-state index in [-0.39, 0.29) is 0 Å². The van der Waals surface area contributed by atoms with Crippen molar-refractivity contribution in [1.82, 2.24) is 0 Å². The zero-order valence-corrected chi connectivity index (χ0v) is 12.2. The van der Waals surface area contributed by atoms with Crippen molar-refractivity contribution in [3.8, 4) is 0 Å². The molecule has 0 aromatic heterocycles. The second-order valence-corrected chi connectivity index (χ2v) is 5.60. The van der Waals surface area contributed by atoms with Crippen molar-refractivity contribution in [3.05, 3.63) is 33.8 Å². The number of benzene rings is 1. The van der Waals surface area contributed by atoms with Gasteiger partial charge in [0.1, 0.15) is 31.8 Å². The maximum Gasteiger partial charge on any atom is 0.103 e. The molecule has 0 aliphatic heterocycles. The molecule has 0 saturated heterocycles. The molecule has 0 heterocycles. The van der Waals surface area contributed by atoms with Gasteiger partial charge in [-0.05, 0) is 26.0 Å². The van der Waals surface area contributed by atoms with E-state index in [1.807, 2.05) is 12.1 Å². The molecule has 2 atom stereocenters. The van der Waals surface area contributed by atoms with Gasteiger partial charge in [-0.2, -0.15) is 0 Å². The van der Waals surface area contributed by atoms with Crippen LogP contribution >= 0.6 is 23.2 Å². The van der Waals surface area contributed by atoms with E-state index in [1.54, 1.807) is 19.9 Å². The lowest BCUT2D eigenvalue weighted by molar-refractivity contribution is -0.919. The molecule has 0 spiro atoms. The maximum atomic E-state index is 9.46. The molecule has 0 aliphatic carbocycles. The SMILES string of the molecule is C[C@H](O)C[NH+](Cc1ccc(Cl)c(Cl)c1)C[C@H](C)O. The van der Waals surface area contributed by atoms with Crippen molar-refractivity contribution in [3.63, 3.8) is 0 Å². The first-order valence-electron chi connectivity index (χ1n) is 6.02. The first-order valence-corrected chi connectivity index (χ1v) is 6.77. The van der Waals surface area contributed by atoms with Crippen LogP contribution in [0.1, 0.15) is 19.4 Å². The third-order valence-corrected chi connectivity index (χ3v) is 3.35. The molecule has 1 aromatic rings. The number of nitrogens with one attached hydrogen (secondary N) is 1. The van der Waals surface area contributed by atoms with Crippen molar-refractivity contribution in [1.29, 1.82) is 0 Å². The highest BCUT2D eigenvalue weighted by molar-refractivity contribution is 6.41. The first-order chi connectivity index (χ1) is 8.38. The van der Waals surface area contributed by atoms with Crippen LogP contribution in [0.3, 0.4) is 0 Å². The number of aliphatic hydroxyl groups excluding tert-OH is 2. The maximum absolute atomic E-state index is 9.46. The molecule has 1 aromatic carbocycles. The highest BCUT2D eigenvalue weighted by atomic mass is 35.5. The molecule has 0 unspecified atom stereocenters. The van der Waals surface area contributed by atoms with Gasteiger partial charge >= 0.3 is 0 Å². The topological polar surface area (TPSA) is 44.9 Å². The van der Waals surface area contributed by atoms with Crippen LogP contribution in [-0.2, 0) is 6.54 Å². The molecule has 0 fully saturated rings. The molecule has 0 saturated carbocycles. The second kappa shape index (κ2) is 7.31. The molecule has 0 aliphatic rings. The number of aliphatic hydroxyl groups is 2. The van der Waals surface area contributed by atoms with Crippen LogP contribution < -0.4 is 4.90 Å². The molecule has 3 nitrogen and oxygen atoms in total. The standard InChI is InChI=1S/C13H19Cl2NO2/c1-9(17)6-16(7-10(2)18)8-11-3-4-12(14)13(15)5-11/h3-5,9-10,17-18H,6-8H2,1-2H3/p+1/t9-,10-/m0/s1. The molecule has 18 heavy (non-hydrogen) atoms. The van der Waals surface area contributed by atoms with E-state index < -0.39 is 12.2 Å². The fraction of sp³-hybridized carbons (Fsp3) is 0.538. The van der Waals surface area contributed by atoms with Crippen LogP contribution in [0.25, 0.3) is 0 Å². The van der Waals surface area contributed by atoms with Crippen LogP contribution in [0.2, 0.25) is 10.0 Å². The van der Waals surface area contributed by atoms with Gasteiger partial charge in [-0.15, -0.1) is 0 Å². The Morgan fingerprint density at radius 1 is 1.06 bits per heavy atom. The van der Waals surface area contributed by atoms with Crippen LogP contribution in [-0.4, -0.2) is 35.5 Å². The van der Waals surface area contributed by atoms with Crippen LogP contribution in [0.5, 0.6) is 0 Å². The Morgan fingerprint density at radius 3 is 2.06 bits per heavy atom. The first kappa shape index (κ1) is 15.7. The summed E-state index contributed by atoms with van der Waals surface area (Å²) in [6.45, 7) is 5.37. The minimum Gasteiger partial charge on any atom is -0.388 e. The van der Waals surface area contributed by atoms with Crippen molar-refractivity contribution in [2.75, 3.05) is 13.1 Å². The summed E-state index contributed by atoms with van der Waals surface area (Å²) in [4.78, 5) is 1.11. The third kappa shape index (κ3) is 5.55. The Labute approximate surface area is 118 Å². The highest BCUT2D eigenvalue weighted by Crippen LogP contribution is 2.22. The van der Waals surface area contributed by atoms with Crippen molar-refractivity contribution in [2.24, 2.45) is 0 Å². The zero-order chi connectivity index (χ0) is 13.7. The number of hydrogen-bond donors (Lipinski definition) is 3. The monoisotopic (exact) mass is 292 g/mol. The van der Waals surface area contributed by atoms with Gasteiger partial charge in [0.2, 0.25) is 0 Å². The third-order valence-electron chi connectivity index (χ3n) is 2.61. The smallest absolute Gasteiger partial charge is 0.103 e. The Kier molecular flexibility index (Phi) is 6.39. The quantitative estimate of drug-likeness (QED) is 0.736. The van der Waals surface area contributed by atoms with E-state index in [2.05, 4.69) is 0 Å². The fourth-order valence-corrected chi connectivity index (χ4v) is 2.32. The van der Waals surface area contributed by atoms with Gasteiger partial charge in [-0.3, -0.25) is 0 Å². The van der Waals surface area contributed by atoms with Crippen molar-refractivity contribution >= 4 is 23.2 Å². The molecule has 5 heteroatoms. The van der Waals surface area contributed by atoms with E-state index in [9.17, 15) is 10.2 Å². The zero-order valence-electron chi connectivity index (χ0n) is 10.7. The Morgan fingerprint density at radius 2 is 1.61 bits per heavy atom. The van der Waals surface area contributed by atoms with Gasteiger partial charge < -0.3 is 15.1 Å². The predicted octanol–water partition coefficient (Wildman–Crippen LogP) is 1.14. The van der Waals surface area contributed by atoms with Gasteiger partial charge in [0, 0.05) is 5.56 Å². The number of halogens is 2. The van der Waals surface area contributed by atoms with Gasteiger partial charge in [0.25, 0.3) is 0 Å². The molecular formula is C13H20Cl2NO2+. The largest absolute Gasteiger partial charge is 0.388 e. The minimum atomic E-state index is -0.401. The summed E-state index contributed by atoms with van der Waals surface area (Å²) in [6, 6.07) is 5.51. The summed E-state index contributed by atoms with van der Waals surface area (Å²) in [5.74, 6) is 0. The summed E-state index contributed by atoms with van der Waals surface area (Å²) in [5.41, 5.74) is 1.04. The van der Waals surface area contributed by atoms with E-state index in [1.165, 1.54) is 0 Å². The van der Waals surface area contributed by atoms with E-state index in [4.69, 9.17) is 23.2 Å². The van der Waals surface area contributed by atoms with Crippen LogP contribution in [0.4, 0.5) is 0 Å². The lowest BCUT2D eigenvalue weighted by atomic mass is 10.2. The average Bonchev–Trinajstić information content (AvgIpc) is 2.21. The Balaban J connectivity index is 2.71. The van der Waals surface area contributed by atoms with Gasteiger partial charge in [-0.1, -0.05) is 29.3 Å².